The monoisotopic (exact) mass is 325 g/mol. The standard InChI is InChI=1S/C15H16FNO4S/c1-20-13-5-8-15(21-2)11(9-13)10-17-22(18,19)14-6-3-12(16)4-7-14/h3-9,17H,10H2,1-2H3. The topological polar surface area (TPSA) is 64.6 Å². The van der Waals surface area contributed by atoms with Gasteiger partial charge in [-0.2, -0.15) is 0 Å². The van der Waals surface area contributed by atoms with Crippen molar-refractivity contribution in [2.75, 3.05) is 14.2 Å². The minimum Gasteiger partial charge on any atom is -0.497 e. The molecule has 118 valence electrons. The molecule has 0 atom stereocenters. The summed E-state index contributed by atoms with van der Waals surface area (Å²) in [6.07, 6.45) is 0. The van der Waals surface area contributed by atoms with E-state index in [1.807, 2.05) is 0 Å². The van der Waals surface area contributed by atoms with Crippen molar-refractivity contribution in [3.63, 3.8) is 0 Å². The van der Waals surface area contributed by atoms with Crippen molar-refractivity contribution in [3.05, 3.63) is 53.8 Å². The first-order valence-electron chi connectivity index (χ1n) is 6.42. The van der Waals surface area contributed by atoms with Crippen LogP contribution in [0.3, 0.4) is 0 Å². The lowest BCUT2D eigenvalue weighted by Gasteiger charge is -2.12. The van der Waals surface area contributed by atoms with Gasteiger partial charge < -0.3 is 9.47 Å². The summed E-state index contributed by atoms with van der Waals surface area (Å²) >= 11 is 0. The van der Waals surface area contributed by atoms with Gasteiger partial charge in [0.25, 0.3) is 0 Å². The van der Waals surface area contributed by atoms with Gasteiger partial charge in [0.05, 0.1) is 19.1 Å². The number of rotatable bonds is 6. The van der Waals surface area contributed by atoms with E-state index in [2.05, 4.69) is 4.72 Å². The molecule has 0 fully saturated rings. The molecule has 0 unspecified atom stereocenters. The highest BCUT2D eigenvalue weighted by Gasteiger charge is 2.15. The number of sulfonamides is 1. The predicted octanol–water partition coefficient (Wildman–Crippen LogP) is 2.32. The second-order valence-corrected chi connectivity index (χ2v) is 6.22. The molecule has 0 aromatic heterocycles. The van der Waals surface area contributed by atoms with E-state index in [-0.39, 0.29) is 11.4 Å². The molecule has 2 aromatic carbocycles. The van der Waals surface area contributed by atoms with E-state index in [9.17, 15) is 12.8 Å². The summed E-state index contributed by atoms with van der Waals surface area (Å²) in [5, 5.41) is 0. The highest BCUT2D eigenvalue weighted by Crippen LogP contribution is 2.24. The van der Waals surface area contributed by atoms with Crippen LogP contribution in [0.1, 0.15) is 5.56 Å². The summed E-state index contributed by atoms with van der Waals surface area (Å²) in [5.74, 6) is 0.646. The summed E-state index contributed by atoms with van der Waals surface area (Å²) in [5.41, 5.74) is 0.632. The fourth-order valence-electron chi connectivity index (χ4n) is 1.89. The molecule has 2 rings (SSSR count). The van der Waals surface area contributed by atoms with Gasteiger partial charge in [-0.25, -0.2) is 17.5 Å². The second kappa shape index (κ2) is 6.76. The first-order valence-corrected chi connectivity index (χ1v) is 7.90. The van der Waals surface area contributed by atoms with E-state index in [1.54, 1.807) is 18.2 Å². The molecule has 0 heterocycles. The highest BCUT2D eigenvalue weighted by atomic mass is 32.2. The fourth-order valence-corrected chi connectivity index (χ4v) is 2.90. The van der Waals surface area contributed by atoms with Crippen LogP contribution >= 0.6 is 0 Å². The number of methoxy groups -OCH3 is 2. The van der Waals surface area contributed by atoms with Crippen molar-refractivity contribution in [2.45, 2.75) is 11.4 Å². The Morgan fingerprint density at radius 1 is 1.05 bits per heavy atom. The van der Waals surface area contributed by atoms with Crippen LogP contribution in [0.5, 0.6) is 11.5 Å². The molecular formula is C15H16FNO4S. The number of ether oxygens (including phenoxy) is 2. The average molecular weight is 325 g/mol. The van der Waals surface area contributed by atoms with Gasteiger partial charge in [0, 0.05) is 12.1 Å². The molecule has 0 aliphatic heterocycles. The van der Waals surface area contributed by atoms with Crippen molar-refractivity contribution in [2.24, 2.45) is 0 Å². The molecule has 0 amide bonds. The zero-order chi connectivity index (χ0) is 16.2. The van der Waals surface area contributed by atoms with Gasteiger partial charge in [-0.3, -0.25) is 0 Å². The molecule has 0 spiro atoms. The molecule has 0 aliphatic carbocycles. The Bertz CT molecular complexity index is 745. The zero-order valence-electron chi connectivity index (χ0n) is 12.2. The Labute approximate surface area is 128 Å². The van der Waals surface area contributed by atoms with Crippen LogP contribution in [-0.2, 0) is 16.6 Å². The van der Waals surface area contributed by atoms with Crippen LogP contribution in [0.2, 0.25) is 0 Å². The van der Waals surface area contributed by atoms with Gasteiger partial charge in [-0.15, -0.1) is 0 Å². The number of halogens is 1. The predicted molar refractivity (Wildman–Crippen MR) is 80.0 cm³/mol. The smallest absolute Gasteiger partial charge is 0.240 e. The first-order chi connectivity index (χ1) is 10.5. The van der Waals surface area contributed by atoms with Crippen LogP contribution in [0.4, 0.5) is 4.39 Å². The van der Waals surface area contributed by atoms with Crippen LogP contribution in [0.25, 0.3) is 0 Å². The maximum Gasteiger partial charge on any atom is 0.240 e. The molecule has 0 saturated carbocycles. The number of nitrogens with one attached hydrogen (secondary N) is 1. The summed E-state index contributed by atoms with van der Waals surface area (Å²) in [6, 6.07) is 9.71. The Morgan fingerprint density at radius 2 is 1.73 bits per heavy atom. The Hall–Kier alpha value is -2.12. The van der Waals surface area contributed by atoms with Crippen molar-refractivity contribution >= 4 is 10.0 Å². The van der Waals surface area contributed by atoms with E-state index in [1.165, 1.54) is 26.4 Å². The van der Waals surface area contributed by atoms with Crippen LogP contribution in [0.15, 0.2) is 47.4 Å². The van der Waals surface area contributed by atoms with Gasteiger partial charge in [0.15, 0.2) is 0 Å². The third-order valence-corrected chi connectivity index (χ3v) is 4.48. The minimum absolute atomic E-state index is 0.00392. The Morgan fingerprint density at radius 3 is 2.32 bits per heavy atom. The Balaban J connectivity index is 2.20. The highest BCUT2D eigenvalue weighted by molar-refractivity contribution is 7.89. The molecule has 7 heteroatoms. The van der Waals surface area contributed by atoms with E-state index in [0.29, 0.717) is 17.1 Å². The largest absolute Gasteiger partial charge is 0.497 e. The number of hydrogen-bond donors (Lipinski definition) is 1. The van der Waals surface area contributed by atoms with Gasteiger partial charge in [-0.05, 0) is 42.5 Å². The zero-order valence-corrected chi connectivity index (χ0v) is 13.0. The maximum absolute atomic E-state index is 12.9. The van der Waals surface area contributed by atoms with Crippen LogP contribution < -0.4 is 14.2 Å². The van der Waals surface area contributed by atoms with Crippen LogP contribution in [0, 0.1) is 5.82 Å². The fraction of sp³-hybridized carbons (Fsp3) is 0.200. The van der Waals surface area contributed by atoms with Gasteiger partial charge in [0.1, 0.15) is 17.3 Å². The molecule has 22 heavy (non-hydrogen) atoms. The van der Waals surface area contributed by atoms with Crippen molar-refractivity contribution in [3.8, 4) is 11.5 Å². The molecule has 1 N–H and O–H groups in total. The summed E-state index contributed by atoms with van der Waals surface area (Å²) in [4.78, 5) is -0.00392. The third-order valence-electron chi connectivity index (χ3n) is 3.06. The Kier molecular flexibility index (Phi) is 4.99. The lowest BCUT2D eigenvalue weighted by Crippen LogP contribution is -2.23. The molecule has 0 saturated heterocycles. The molecule has 0 radical (unpaired) electrons. The number of benzene rings is 2. The SMILES string of the molecule is COc1ccc(OC)c(CNS(=O)(=O)c2ccc(F)cc2)c1. The molecule has 0 bridgehead atoms. The minimum atomic E-state index is -3.73. The molecule has 0 aliphatic rings. The van der Waals surface area contributed by atoms with E-state index < -0.39 is 15.8 Å². The summed E-state index contributed by atoms with van der Waals surface area (Å²) in [7, 11) is -0.711. The van der Waals surface area contributed by atoms with E-state index in [0.717, 1.165) is 12.1 Å². The van der Waals surface area contributed by atoms with Crippen molar-refractivity contribution in [1.82, 2.24) is 4.72 Å². The van der Waals surface area contributed by atoms with Gasteiger partial charge in [-0.1, -0.05) is 0 Å². The molecule has 5 nitrogen and oxygen atoms in total. The summed E-state index contributed by atoms with van der Waals surface area (Å²) < 4.78 is 49.9. The van der Waals surface area contributed by atoms with E-state index in [4.69, 9.17) is 9.47 Å². The summed E-state index contributed by atoms with van der Waals surface area (Å²) in [6.45, 7) is 0.0279. The second-order valence-electron chi connectivity index (χ2n) is 4.46. The lowest BCUT2D eigenvalue weighted by atomic mass is 10.2. The average Bonchev–Trinajstić information content (AvgIpc) is 2.53. The van der Waals surface area contributed by atoms with Gasteiger partial charge >= 0.3 is 0 Å². The van der Waals surface area contributed by atoms with E-state index >= 15 is 0 Å². The quantitative estimate of drug-likeness (QED) is 0.885. The number of hydrogen-bond acceptors (Lipinski definition) is 4. The maximum atomic E-state index is 12.9. The van der Waals surface area contributed by atoms with Crippen molar-refractivity contribution < 1.29 is 22.3 Å². The lowest BCUT2D eigenvalue weighted by molar-refractivity contribution is 0.398. The molecular weight excluding hydrogens is 309 g/mol. The molecule has 2 aromatic rings. The van der Waals surface area contributed by atoms with Crippen LogP contribution in [-0.4, -0.2) is 22.6 Å². The van der Waals surface area contributed by atoms with Crippen molar-refractivity contribution in [1.29, 1.82) is 0 Å². The first kappa shape index (κ1) is 16.3. The normalized spacial score (nSPS) is 11.2. The third kappa shape index (κ3) is 3.75. The van der Waals surface area contributed by atoms with Gasteiger partial charge in [0.2, 0.25) is 10.0 Å².